The quantitative estimate of drug-likeness (QED) is 0.424. The van der Waals surface area contributed by atoms with E-state index in [1.54, 1.807) is 0 Å². The molecular formula is C27H28N2O. The maximum Gasteiger partial charge on any atom is 0.244 e. The number of amides is 1. The lowest BCUT2D eigenvalue weighted by molar-refractivity contribution is -0.122. The highest BCUT2D eigenvalue weighted by molar-refractivity contribution is 5.99. The van der Waals surface area contributed by atoms with Crippen LogP contribution in [0, 0.1) is 5.92 Å². The minimum absolute atomic E-state index is 0.0270. The highest BCUT2D eigenvalue weighted by Crippen LogP contribution is 2.58. The third-order valence-electron chi connectivity index (χ3n) is 6.18. The maximum atomic E-state index is 13.0. The minimum Gasteiger partial charge on any atom is -0.273 e. The maximum absolute atomic E-state index is 13.0. The predicted octanol–water partition coefficient (Wildman–Crippen LogP) is 5.66. The van der Waals surface area contributed by atoms with E-state index in [0.29, 0.717) is 5.92 Å². The molecule has 0 saturated heterocycles. The summed E-state index contributed by atoms with van der Waals surface area (Å²) >= 11 is 0. The Balaban J connectivity index is 1.53. The van der Waals surface area contributed by atoms with Gasteiger partial charge in [0, 0.05) is 5.41 Å². The van der Waals surface area contributed by atoms with Gasteiger partial charge in [0.05, 0.1) is 11.6 Å². The Bertz CT molecular complexity index is 998. The molecule has 1 unspecified atom stereocenters. The summed E-state index contributed by atoms with van der Waals surface area (Å²) in [7, 11) is 0. The summed E-state index contributed by atoms with van der Waals surface area (Å²) in [5.74, 6) is 0.345. The van der Waals surface area contributed by atoms with Crippen LogP contribution >= 0.6 is 0 Å². The fourth-order valence-electron chi connectivity index (χ4n) is 4.25. The largest absolute Gasteiger partial charge is 0.273 e. The van der Waals surface area contributed by atoms with E-state index in [0.717, 1.165) is 17.7 Å². The molecule has 30 heavy (non-hydrogen) atoms. The van der Waals surface area contributed by atoms with E-state index in [4.69, 9.17) is 0 Å². The lowest BCUT2D eigenvalue weighted by atomic mass is 9.85. The topological polar surface area (TPSA) is 41.5 Å². The number of carbonyl (C=O) groups is 1. The second-order valence-electron chi connectivity index (χ2n) is 8.41. The van der Waals surface area contributed by atoms with E-state index < -0.39 is 0 Å². The summed E-state index contributed by atoms with van der Waals surface area (Å²) in [5.41, 5.74) is 8.04. The highest BCUT2D eigenvalue weighted by Gasteiger charge is 2.60. The second kappa shape index (κ2) is 8.27. The van der Waals surface area contributed by atoms with Crippen LogP contribution in [-0.4, -0.2) is 11.6 Å². The summed E-state index contributed by atoms with van der Waals surface area (Å²) < 4.78 is 0. The van der Waals surface area contributed by atoms with E-state index in [-0.39, 0.29) is 17.2 Å². The number of benzene rings is 3. The number of rotatable bonds is 6. The van der Waals surface area contributed by atoms with Crippen molar-refractivity contribution in [2.24, 2.45) is 11.0 Å². The molecule has 1 fully saturated rings. The van der Waals surface area contributed by atoms with Crippen molar-refractivity contribution in [2.75, 3.05) is 0 Å². The molecule has 1 saturated carbocycles. The lowest BCUT2D eigenvalue weighted by Crippen LogP contribution is -2.26. The monoisotopic (exact) mass is 396 g/mol. The van der Waals surface area contributed by atoms with Gasteiger partial charge in [0.2, 0.25) is 5.91 Å². The van der Waals surface area contributed by atoms with Crippen LogP contribution in [0.1, 0.15) is 55.4 Å². The fourth-order valence-corrected chi connectivity index (χ4v) is 4.25. The Labute approximate surface area is 178 Å². The molecule has 1 amide bonds. The van der Waals surface area contributed by atoms with Gasteiger partial charge in [0.25, 0.3) is 0 Å². The van der Waals surface area contributed by atoms with Crippen molar-refractivity contribution in [1.82, 2.24) is 5.43 Å². The molecule has 0 aliphatic heterocycles. The molecule has 0 aromatic heterocycles. The van der Waals surface area contributed by atoms with Crippen LogP contribution < -0.4 is 5.43 Å². The molecule has 0 heterocycles. The SMILES string of the molecule is C/C(=N\NC(=O)C1CC1(c1ccccc1)c1ccccc1)c1ccc(C(C)C)cc1. The molecule has 152 valence electrons. The van der Waals surface area contributed by atoms with E-state index in [1.807, 2.05) is 43.3 Å². The van der Waals surface area contributed by atoms with E-state index in [9.17, 15) is 4.79 Å². The number of hydrogen-bond donors (Lipinski definition) is 1. The van der Waals surface area contributed by atoms with Crippen molar-refractivity contribution in [2.45, 2.75) is 38.5 Å². The standard InChI is InChI=1S/C27H28N2O/c1-19(2)21-14-16-22(17-15-21)20(3)28-29-26(30)25-18-27(25,23-10-6-4-7-11-23)24-12-8-5-9-13-24/h4-17,19,25H,18H2,1-3H3,(H,29,30)/b28-20+. The predicted molar refractivity (Wildman–Crippen MR) is 123 cm³/mol. The molecule has 3 heteroatoms. The van der Waals surface area contributed by atoms with Gasteiger partial charge in [-0.05, 0) is 41.5 Å². The molecule has 1 aliphatic rings. The number of hydrogen-bond acceptors (Lipinski definition) is 2. The molecule has 3 aromatic rings. The average molecular weight is 397 g/mol. The van der Waals surface area contributed by atoms with Gasteiger partial charge < -0.3 is 0 Å². The molecule has 1 atom stereocenters. The highest BCUT2D eigenvalue weighted by atomic mass is 16.2. The number of hydrazone groups is 1. The summed E-state index contributed by atoms with van der Waals surface area (Å²) in [6, 6.07) is 29.0. The zero-order chi connectivity index (χ0) is 21.1. The van der Waals surface area contributed by atoms with Gasteiger partial charge in [-0.1, -0.05) is 98.8 Å². The third-order valence-corrected chi connectivity index (χ3v) is 6.18. The lowest BCUT2D eigenvalue weighted by Gasteiger charge is -2.18. The Morgan fingerprint density at radius 2 is 1.43 bits per heavy atom. The molecule has 0 radical (unpaired) electrons. The smallest absolute Gasteiger partial charge is 0.244 e. The van der Waals surface area contributed by atoms with Crippen LogP contribution in [-0.2, 0) is 10.2 Å². The first-order valence-electron chi connectivity index (χ1n) is 10.6. The van der Waals surface area contributed by atoms with Crippen molar-refractivity contribution in [1.29, 1.82) is 0 Å². The Hall–Kier alpha value is -3.20. The third kappa shape index (κ3) is 3.80. The Morgan fingerprint density at radius 3 is 1.93 bits per heavy atom. The normalized spacial score (nSPS) is 17.6. The van der Waals surface area contributed by atoms with Gasteiger partial charge in [-0.2, -0.15) is 5.10 Å². The van der Waals surface area contributed by atoms with Crippen molar-refractivity contribution in [3.63, 3.8) is 0 Å². The van der Waals surface area contributed by atoms with E-state index >= 15 is 0 Å². The summed E-state index contributed by atoms with van der Waals surface area (Å²) in [6.07, 6.45) is 0.796. The number of carbonyl (C=O) groups excluding carboxylic acids is 1. The zero-order valence-electron chi connectivity index (χ0n) is 17.8. The zero-order valence-corrected chi connectivity index (χ0v) is 17.8. The fraction of sp³-hybridized carbons (Fsp3) is 0.259. The van der Waals surface area contributed by atoms with Gasteiger partial charge in [-0.25, -0.2) is 5.43 Å². The van der Waals surface area contributed by atoms with Crippen molar-refractivity contribution in [3.8, 4) is 0 Å². The Morgan fingerprint density at radius 1 is 0.900 bits per heavy atom. The van der Waals surface area contributed by atoms with E-state index in [2.05, 4.69) is 72.9 Å². The van der Waals surface area contributed by atoms with Crippen LogP contribution in [0.15, 0.2) is 90.0 Å². The van der Waals surface area contributed by atoms with Gasteiger partial charge >= 0.3 is 0 Å². The molecule has 4 rings (SSSR count). The molecule has 0 spiro atoms. The van der Waals surface area contributed by atoms with Crippen LogP contribution in [0.25, 0.3) is 0 Å². The number of nitrogens with one attached hydrogen (secondary N) is 1. The molecular weight excluding hydrogens is 368 g/mol. The first kappa shape index (κ1) is 20.1. The first-order valence-corrected chi connectivity index (χ1v) is 10.6. The molecule has 3 aromatic carbocycles. The molecule has 1 aliphatic carbocycles. The molecule has 1 N–H and O–H groups in total. The average Bonchev–Trinajstić information content (AvgIpc) is 3.56. The van der Waals surface area contributed by atoms with Crippen LogP contribution in [0.2, 0.25) is 0 Å². The summed E-state index contributed by atoms with van der Waals surface area (Å²) in [4.78, 5) is 13.0. The van der Waals surface area contributed by atoms with Gasteiger partial charge in [0.1, 0.15) is 0 Å². The summed E-state index contributed by atoms with van der Waals surface area (Å²) in [5, 5.41) is 4.40. The van der Waals surface area contributed by atoms with Crippen LogP contribution in [0.4, 0.5) is 0 Å². The first-order chi connectivity index (χ1) is 14.5. The van der Waals surface area contributed by atoms with Crippen LogP contribution in [0.3, 0.4) is 0 Å². The van der Waals surface area contributed by atoms with Gasteiger partial charge in [0.15, 0.2) is 0 Å². The summed E-state index contributed by atoms with van der Waals surface area (Å²) in [6.45, 7) is 6.29. The van der Waals surface area contributed by atoms with Crippen molar-refractivity contribution < 1.29 is 4.79 Å². The van der Waals surface area contributed by atoms with Crippen LogP contribution in [0.5, 0.6) is 0 Å². The molecule has 0 bridgehead atoms. The molecule has 3 nitrogen and oxygen atoms in total. The van der Waals surface area contributed by atoms with Gasteiger partial charge in [-0.15, -0.1) is 0 Å². The second-order valence-corrected chi connectivity index (χ2v) is 8.41. The number of nitrogens with zero attached hydrogens (tertiary/aromatic N) is 1. The van der Waals surface area contributed by atoms with Crippen molar-refractivity contribution in [3.05, 3.63) is 107 Å². The van der Waals surface area contributed by atoms with E-state index in [1.165, 1.54) is 16.7 Å². The minimum atomic E-state index is -0.269. The van der Waals surface area contributed by atoms with Crippen molar-refractivity contribution >= 4 is 11.6 Å². The van der Waals surface area contributed by atoms with Gasteiger partial charge in [-0.3, -0.25) is 4.79 Å². The Kier molecular flexibility index (Phi) is 5.54.